The number of oxazole rings is 1. The van der Waals surface area contributed by atoms with E-state index in [2.05, 4.69) is 34.7 Å². The van der Waals surface area contributed by atoms with E-state index in [1.807, 2.05) is 31.4 Å². The molecule has 28 heavy (non-hydrogen) atoms. The van der Waals surface area contributed by atoms with Gasteiger partial charge in [0.1, 0.15) is 17.4 Å². The molecule has 7 heteroatoms. The number of piperazine rings is 1. The fraction of sp³-hybridized carbons (Fsp3) is 0.476. The summed E-state index contributed by atoms with van der Waals surface area (Å²) in [6, 6.07) is 6.17. The van der Waals surface area contributed by atoms with Crippen LogP contribution in [0.25, 0.3) is 10.8 Å². The van der Waals surface area contributed by atoms with Crippen LogP contribution in [0.1, 0.15) is 42.7 Å². The van der Waals surface area contributed by atoms with Gasteiger partial charge in [-0.05, 0) is 25.3 Å². The number of aromatic nitrogens is 3. The fourth-order valence-corrected chi connectivity index (χ4v) is 4.07. The second-order valence-electron chi connectivity index (χ2n) is 7.64. The zero-order chi connectivity index (χ0) is 19.7. The van der Waals surface area contributed by atoms with Gasteiger partial charge < -0.3 is 9.32 Å². The highest BCUT2D eigenvalue weighted by Gasteiger charge is 2.22. The van der Waals surface area contributed by atoms with E-state index in [1.165, 1.54) is 0 Å². The van der Waals surface area contributed by atoms with Crippen molar-refractivity contribution >= 4 is 17.2 Å². The monoisotopic (exact) mass is 397 g/mol. The first-order valence-corrected chi connectivity index (χ1v) is 10.7. The lowest BCUT2D eigenvalue weighted by Gasteiger charge is -2.35. The Balaban J connectivity index is 1.40. The van der Waals surface area contributed by atoms with Gasteiger partial charge in [-0.15, -0.1) is 11.3 Å². The lowest BCUT2D eigenvalue weighted by Crippen LogP contribution is -2.46. The zero-order valence-electron chi connectivity index (χ0n) is 17.0. The molecule has 1 saturated heterocycles. The predicted octanol–water partition coefficient (Wildman–Crippen LogP) is 4.26. The first-order chi connectivity index (χ1) is 13.5. The summed E-state index contributed by atoms with van der Waals surface area (Å²) in [6.07, 6.45) is 0. The maximum atomic E-state index is 5.89. The van der Waals surface area contributed by atoms with E-state index in [0.29, 0.717) is 5.92 Å². The molecule has 148 valence electrons. The number of thiophene rings is 1. The van der Waals surface area contributed by atoms with Gasteiger partial charge in [-0.2, -0.15) is 0 Å². The lowest BCUT2D eigenvalue weighted by atomic mass is 10.2. The van der Waals surface area contributed by atoms with Crippen LogP contribution < -0.4 is 4.90 Å². The predicted molar refractivity (Wildman–Crippen MR) is 113 cm³/mol. The topological polar surface area (TPSA) is 58.3 Å². The van der Waals surface area contributed by atoms with Crippen LogP contribution in [0.3, 0.4) is 0 Å². The van der Waals surface area contributed by atoms with E-state index in [1.54, 1.807) is 11.3 Å². The second kappa shape index (κ2) is 8.01. The molecule has 0 radical (unpaired) electrons. The van der Waals surface area contributed by atoms with Crippen molar-refractivity contribution in [2.45, 2.75) is 40.2 Å². The Labute approximate surface area is 170 Å². The Morgan fingerprint density at radius 3 is 2.57 bits per heavy atom. The summed E-state index contributed by atoms with van der Waals surface area (Å²) in [5.74, 6) is 3.97. The molecule has 0 aliphatic carbocycles. The molecule has 0 bridgehead atoms. The number of anilines is 1. The summed E-state index contributed by atoms with van der Waals surface area (Å²) in [7, 11) is 0. The molecule has 3 aromatic heterocycles. The first-order valence-electron chi connectivity index (χ1n) is 9.82. The van der Waals surface area contributed by atoms with Gasteiger partial charge in [-0.25, -0.2) is 15.0 Å². The average molecular weight is 398 g/mol. The number of rotatable bonds is 5. The van der Waals surface area contributed by atoms with Gasteiger partial charge >= 0.3 is 0 Å². The van der Waals surface area contributed by atoms with Crippen molar-refractivity contribution in [1.82, 2.24) is 19.9 Å². The summed E-state index contributed by atoms with van der Waals surface area (Å²) in [6.45, 7) is 13.1. The van der Waals surface area contributed by atoms with E-state index >= 15 is 0 Å². The third kappa shape index (κ3) is 4.10. The van der Waals surface area contributed by atoms with Gasteiger partial charge in [-0.1, -0.05) is 19.9 Å². The highest BCUT2D eigenvalue weighted by molar-refractivity contribution is 7.13. The van der Waals surface area contributed by atoms with Crippen molar-refractivity contribution in [3.8, 4) is 10.8 Å². The van der Waals surface area contributed by atoms with E-state index in [0.717, 1.165) is 72.3 Å². The van der Waals surface area contributed by atoms with Crippen LogP contribution in [0.2, 0.25) is 0 Å². The Morgan fingerprint density at radius 2 is 1.89 bits per heavy atom. The van der Waals surface area contributed by atoms with Crippen LogP contribution in [0.15, 0.2) is 28.0 Å². The number of aryl methyl sites for hydroxylation is 2. The maximum Gasteiger partial charge on any atom is 0.236 e. The van der Waals surface area contributed by atoms with E-state index in [-0.39, 0.29) is 0 Å². The fourth-order valence-electron chi connectivity index (χ4n) is 3.42. The Morgan fingerprint density at radius 1 is 1.11 bits per heavy atom. The van der Waals surface area contributed by atoms with Crippen LogP contribution in [-0.4, -0.2) is 46.0 Å². The van der Waals surface area contributed by atoms with Crippen LogP contribution in [0, 0.1) is 13.8 Å². The molecule has 0 N–H and O–H groups in total. The standard InChI is InChI=1S/C21H27N5OS/c1-14(2)20-22-15(3)12-19(24-20)26-9-7-25(8-10-26)13-17-16(4)27-21(23-17)18-6-5-11-28-18/h5-6,11-12,14H,7-10,13H2,1-4H3. The van der Waals surface area contributed by atoms with Crippen molar-refractivity contribution in [2.75, 3.05) is 31.1 Å². The van der Waals surface area contributed by atoms with Gasteiger partial charge in [0.2, 0.25) is 5.89 Å². The zero-order valence-corrected chi connectivity index (χ0v) is 17.8. The van der Waals surface area contributed by atoms with Crippen molar-refractivity contribution in [2.24, 2.45) is 0 Å². The van der Waals surface area contributed by atoms with E-state index < -0.39 is 0 Å². The normalized spacial score (nSPS) is 15.5. The molecule has 0 unspecified atom stereocenters. The average Bonchev–Trinajstić information content (AvgIpc) is 3.32. The summed E-state index contributed by atoms with van der Waals surface area (Å²) < 4.78 is 5.89. The van der Waals surface area contributed by atoms with Gasteiger partial charge in [0.25, 0.3) is 0 Å². The highest BCUT2D eigenvalue weighted by Crippen LogP contribution is 2.27. The smallest absolute Gasteiger partial charge is 0.236 e. The lowest BCUT2D eigenvalue weighted by molar-refractivity contribution is 0.245. The highest BCUT2D eigenvalue weighted by atomic mass is 32.1. The molecule has 3 aromatic rings. The van der Waals surface area contributed by atoms with Gasteiger partial charge in [-0.3, -0.25) is 4.90 Å². The van der Waals surface area contributed by atoms with Crippen molar-refractivity contribution in [3.63, 3.8) is 0 Å². The SMILES string of the molecule is Cc1cc(N2CCN(Cc3nc(-c4cccs4)oc3C)CC2)nc(C(C)C)n1. The molecular formula is C21H27N5OS. The Kier molecular flexibility index (Phi) is 5.46. The van der Waals surface area contributed by atoms with Gasteiger partial charge in [0.15, 0.2) is 0 Å². The van der Waals surface area contributed by atoms with E-state index in [9.17, 15) is 0 Å². The molecule has 0 spiro atoms. The van der Waals surface area contributed by atoms with Crippen LogP contribution >= 0.6 is 11.3 Å². The number of nitrogens with zero attached hydrogens (tertiary/aromatic N) is 5. The molecule has 0 amide bonds. The molecule has 1 fully saturated rings. The number of hydrogen-bond acceptors (Lipinski definition) is 7. The maximum absolute atomic E-state index is 5.89. The molecule has 4 rings (SSSR count). The van der Waals surface area contributed by atoms with Crippen LogP contribution in [0.5, 0.6) is 0 Å². The minimum absolute atomic E-state index is 0.340. The molecular weight excluding hydrogens is 370 g/mol. The largest absolute Gasteiger partial charge is 0.440 e. The van der Waals surface area contributed by atoms with Crippen molar-refractivity contribution in [3.05, 3.63) is 46.6 Å². The van der Waals surface area contributed by atoms with Crippen molar-refractivity contribution in [1.29, 1.82) is 0 Å². The van der Waals surface area contributed by atoms with Gasteiger partial charge in [0.05, 0.1) is 10.6 Å². The quantitative estimate of drug-likeness (QED) is 0.641. The molecule has 0 aromatic carbocycles. The van der Waals surface area contributed by atoms with Crippen molar-refractivity contribution < 1.29 is 4.42 Å². The third-order valence-electron chi connectivity index (χ3n) is 5.07. The molecule has 6 nitrogen and oxygen atoms in total. The Bertz CT molecular complexity index is 926. The molecule has 1 aliphatic rings. The first kappa shape index (κ1) is 19.1. The summed E-state index contributed by atoms with van der Waals surface area (Å²) >= 11 is 1.66. The molecule has 0 saturated carbocycles. The third-order valence-corrected chi connectivity index (χ3v) is 5.93. The molecule has 0 atom stereocenters. The van der Waals surface area contributed by atoms with E-state index in [4.69, 9.17) is 14.4 Å². The minimum atomic E-state index is 0.340. The van der Waals surface area contributed by atoms with Gasteiger partial charge in [0, 0.05) is 50.4 Å². The van der Waals surface area contributed by atoms with Crippen LogP contribution in [0.4, 0.5) is 5.82 Å². The summed E-state index contributed by atoms with van der Waals surface area (Å²) in [5.41, 5.74) is 2.08. The molecule has 1 aliphatic heterocycles. The molecule has 4 heterocycles. The Hall–Kier alpha value is -2.25. The number of hydrogen-bond donors (Lipinski definition) is 0. The second-order valence-corrected chi connectivity index (χ2v) is 8.59. The summed E-state index contributed by atoms with van der Waals surface area (Å²) in [5, 5.41) is 2.05. The summed E-state index contributed by atoms with van der Waals surface area (Å²) in [4.78, 5) is 20.0. The van der Waals surface area contributed by atoms with Crippen LogP contribution in [-0.2, 0) is 6.54 Å². The minimum Gasteiger partial charge on any atom is -0.440 e.